The first-order valence-corrected chi connectivity index (χ1v) is 12.7. The van der Waals surface area contributed by atoms with Gasteiger partial charge in [-0.15, -0.1) is 0 Å². The van der Waals surface area contributed by atoms with Gasteiger partial charge in [-0.05, 0) is 48.0 Å². The van der Waals surface area contributed by atoms with Crippen molar-refractivity contribution >= 4 is 17.4 Å². The Hall–Kier alpha value is -4.21. The number of hydrogen-bond donors (Lipinski definition) is 1. The number of hydrogen-bond acceptors (Lipinski definition) is 7. The zero-order valence-electron chi connectivity index (χ0n) is 21.5. The monoisotopic (exact) mass is 532 g/mol. The number of Topliss-reactive ketones (excluding diaryl/α,β-unsaturated/α-hetero) is 1. The summed E-state index contributed by atoms with van der Waals surface area (Å²) < 4.78 is 30.9. The van der Waals surface area contributed by atoms with E-state index < -0.39 is 29.3 Å². The molecule has 1 N–H and O–H groups in total. The second kappa shape index (κ2) is 11.7. The van der Waals surface area contributed by atoms with E-state index >= 15 is 0 Å². The van der Waals surface area contributed by atoms with Crippen molar-refractivity contribution in [2.24, 2.45) is 0 Å². The molecule has 0 radical (unpaired) electrons. The molecule has 0 aromatic heterocycles. The van der Waals surface area contributed by atoms with Crippen LogP contribution >= 0.6 is 0 Å². The maximum absolute atomic E-state index is 14.5. The van der Waals surface area contributed by atoms with Gasteiger partial charge >= 0.3 is 0 Å². The molecule has 0 aliphatic carbocycles. The number of para-hydroxylation sites is 1. The SMILES string of the molecule is COc1ccc(/C(O)=C2/C(=O)C(=O)N(CCN3CCOCC3)C2c2cccc(Oc3ccccc3)c2)cc1F. The van der Waals surface area contributed by atoms with Crippen LogP contribution < -0.4 is 9.47 Å². The Labute approximate surface area is 225 Å². The number of aliphatic hydroxyl groups is 1. The van der Waals surface area contributed by atoms with Gasteiger partial charge < -0.3 is 24.2 Å². The van der Waals surface area contributed by atoms with Crippen molar-refractivity contribution < 1.29 is 33.3 Å². The minimum atomic E-state index is -0.893. The fourth-order valence-electron chi connectivity index (χ4n) is 4.87. The highest BCUT2D eigenvalue weighted by Crippen LogP contribution is 2.41. The molecule has 0 saturated carbocycles. The largest absolute Gasteiger partial charge is 0.507 e. The second-order valence-electron chi connectivity index (χ2n) is 9.28. The van der Waals surface area contributed by atoms with Crippen LogP contribution in [0.3, 0.4) is 0 Å². The van der Waals surface area contributed by atoms with E-state index in [0.717, 1.165) is 19.2 Å². The molecule has 2 fully saturated rings. The molecule has 2 heterocycles. The van der Waals surface area contributed by atoms with Crippen LogP contribution in [0.4, 0.5) is 4.39 Å². The lowest BCUT2D eigenvalue weighted by Crippen LogP contribution is -2.42. The van der Waals surface area contributed by atoms with E-state index in [4.69, 9.17) is 14.2 Å². The summed E-state index contributed by atoms with van der Waals surface area (Å²) in [7, 11) is 1.34. The van der Waals surface area contributed by atoms with Crippen molar-refractivity contribution in [3.8, 4) is 17.2 Å². The second-order valence-corrected chi connectivity index (χ2v) is 9.28. The number of carbonyl (C=O) groups excluding carboxylic acids is 2. The molecule has 202 valence electrons. The minimum Gasteiger partial charge on any atom is -0.507 e. The molecule has 2 aliphatic rings. The number of benzene rings is 3. The Morgan fingerprint density at radius 3 is 2.44 bits per heavy atom. The summed E-state index contributed by atoms with van der Waals surface area (Å²) in [5.74, 6) is -1.57. The summed E-state index contributed by atoms with van der Waals surface area (Å²) >= 11 is 0. The van der Waals surface area contributed by atoms with E-state index in [1.54, 1.807) is 24.3 Å². The molecule has 2 saturated heterocycles. The Morgan fingerprint density at radius 2 is 1.72 bits per heavy atom. The lowest BCUT2D eigenvalue weighted by atomic mass is 9.95. The van der Waals surface area contributed by atoms with Crippen LogP contribution in [0.25, 0.3) is 5.76 Å². The first kappa shape index (κ1) is 26.4. The van der Waals surface area contributed by atoms with Crippen molar-refractivity contribution in [3.63, 3.8) is 0 Å². The molecule has 0 bridgehead atoms. The molecule has 39 heavy (non-hydrogen) atoms. The highest BCUT2D eigenvalue weighted by atomic mass is 19.1. The van der Waals surface area contributed by atoms with Crippen LogP contribution in [-0.4, -0.2) is 73.1 Å². The minimum absolute atomic E-state index is 0.000163. The maximum atomic E-state index is 14.5. The number of ether oxygens (including phenoxy) is 3. The number of likely N-dealkylation sites (tertiary alicyclic amines) is 1. The maximum Gasteiger partial charge on any atom is 0.295 e. The Balaban J connectivity index is 1.55. The van der Waals surface area contributed by atoms with E-state index in [0.29, 0.717) is 36.8 Å². The quantitative estimate of drug-likeness (QED) is 0.262. The lowest BCUT2D eigenvalue weighted by Gasteiger charge is -2.31. The third-order valence-electron chi connectivity index (χ3n) is 6.88. The molecular formula is C30H29FN2O6. The van der Waals surface area contributed by atoms with Crippen molar-refractivity contribution in [3.05, 3.63) is 95.3 Å². The molecule has 1 atom stereocenters. The average Bonchev–Trinajstić information content (AvgIpc) is 3.22. The van der Waals surface area contributed by atoms with Gasteiger partial charge in [-0.3, -0.25) is 14.5 Å². The summed E-state index contributed by atoms with van der Waals surface area (Å²) in [5, 5.41) is 11.3. The number of amides is 1. The Kier molecular flexibility index (Phi) is 7.90. The van der Waals surface area contributed by atoms with Crippen LogP contribution in [0.2, 0.25) is 0 Å². The van der Waals surface area contributed by atoms with Crippen molar-refractivity contribution in [1.29, 1.82) is 0 Å². The molecule has 2 aliphatic heterocycles. The number of methoxy groups -OCH3 is 1. The Bertz CT molecular complexity index is 1390. The molecule has 5 rings (SSSR count). The summed E-state index contributed by atoms with van der Waals surface area (Å²) in [6, 6.07) is 19.3. The molecule has 8 nitrogen and oxygen atoms in total. The lowest BCUT2D eigenvalue weighted by molar-refractivity contribution is -0.140. The van der Waals surface area contributed by atoms with Gasteiger partial charge in [0.25, 0.3) is 11.7 Å². The Morgan fingerprint density at radius 1 is 0.974 bits per heavy atom. The van der Waals surface area contributed by atoms with Gasteiger partial charge in [0.2, 0.25) is 0 Å². The van der Waals surface area contributed by atoms with Gasteiger partial charge in [0.1, 0.15) is 17.3 Å². The fraction of sp³-hybridized carbons (Fsp3) is 0.267. The van der Waals surface area contributed by atoms with Crippen molar-refractivity contribution in [2.75, 3.05) is 46.5 Å². The first-order valence-electron chi connectivity index (χ1n) is 12.7. The molecule has 9 heteroatoms. The van der Waals surface area contributed by atoms with Gasteiger partial charge in [0.15, 0.2) is 11.6 Å². The number of aliphatic hydroxyl groups excluding tert-OH is 1. The third kappa shape index (κ3) is 5.64. The van der Waals surface area contributed by atoms with E-state index in [1.165, 1.54) is 24.1 Å². The number of carbonyl (C=O) groups is 2. The standard InChI is InChI=1S/C30H29FN2O6/c1-37-25-11-10-21(19-24(25)31)28(34)26-27(20-6-5-9-23(18-20)39-22-7-3-2-4-8-22)33(30(36)29(26)35)13-12-32-14-16-38-17-15-32/h2-11,18-19,27,34H,12-17H2,1H3/b28-26-. The molecular weight excluding hydrogens is 503 g/mol. The number of halogens is 1. The summed E-state index contributed by atoms with van der Waals surface area (Å²) in [6.45, 7) is 3.44. The molecule has 1 unspecified atom stereocenters. The highest BCUT2D eigenvalue weighted by Gasteiger charge is 2.46. The number of ketones is 1. The van der Waals surface area contributed by atoms with Gasteiger partial charge in [0.05, 0.1) is 31.9 Å². The van der Waals surface area contributed by atoms with E-state index in [1.807, 2.05) is 30.3 Å². The van der Waals surface area contributed by atoms with Crippen LogP contribution in [0.1, 0.15) is 17.2 Å². The highest BCUT2D eigenvalue weighted by molar-refractivity contribution is 6.46. The zero-order chi connectivity index (χ0) is 27.4. The number of rotatable bonds is 8. The van der Waals surface area contributed by atoms with Crippen molar-refractivity contribution in [1.82, 2.24) is 9.80 Å². The van der Waals surface area contributed by atoms with Crippen LogP contribution in [0, 0.1) is 5.82 Å². The van der Waals surface area contributed by atoms with Crippen LogP contribution in [0.5, 0.6) is 17.2 Å². The van der Waals surface area contributed by atoms with Crippen LogP contribution in [-0.2, 0) is 14.3 Å². The average molecular weight is 533 g/mol. The smallest absolute Gasteiger partial charge is 0.295 e. The zero-order valence-corrected chi connectivity index (χ0v) is 21.5. The summed E-state index contributed by atoms with van der Waals surface area (Å²) in [5.41, 5.74) is 0.546. The normalized spacial score (nSPS) is 19.3. The van der Waals surface area contributed by atoms with Gasteiger partial charge in [-0.25, -0.2) is 4.39 Å². The molecule has 3 aromatic rings. The molecule has 3 aromatic carbocycles. The van der Waals surface area contributed by atoms with E-state index in [2.05, 4.69) is 4.90 Å². The van der Waals surface area contributed by atoms with E-state index in [-0.39, 0.29) is 23.4 Å². The van der Waals surface area contributed by atoms with Gasteiger partial charge in [-0.2, -0.15) is 0 Å². The first-order chi connectivity index (χ1) is 19.0. The number of morpholine rings is 1. The number of nitrogens with zero attached hydrogens (tertiary/aromatic N) is 2. The topological polar surface area (TPSA) is 88.5 Å². The van der Waals surface area contributed by atoms with Crippen LogP contribution in [0.15, 0.2) is 78.4 Å². The summed E-state index contributed by atoms with van der Waals surface area (Å²) in [6.07, 6.45) is 0. The van der Waals surface area contributed by atoms with Gasteiger partial charge in [0, 0.05) is 31.7 Å². The predicted molar refractivity (Wildman–Crippen MR) is 142 cm³/mol. The van der Waals surface area contributed by atoms with Gasteiger partial charge in [-0.1, -0.05) is 30.3 Å². The third-order valence-corrected chi connectivity index (χ3v) is 6.88. The molecule has 1 amide bonds. The van der Waals surface area contributed by atoms with E-state index in [9.17, 15) is 19.1 Å². The predicted octanol–water partition coefficient (Wildman–Crippen LogP) is 4.38. The fourth-order valence-corrected chi connectivity index (χ4v) is 4.87. The molecule has 0 spiro atoms. The van der Waals surface area contributed by atoms with Crippen molar-refractivity contribution in [2.45, 2.75) is 6.04 Å². The summed E-state index contributed by atoms with van der Waals surface area (Å²) in [4.78, 5) is 30.3.